The predicted molar refractivity (Wildman–Crippen MR) is 82.5 cm³/mol. The van der Waals surface area contributed by atoms with Crippen molar-refractivity contribution < 1.29 is 28.9 Å². The predicted octanol–water partition coefficient (Wildman–Crippen LogP) is 1.67. The van der Waals surface area contributed by atoms with E-state index in [1.165, 1.54) is 36.2 Å². The molecular formula is C15H22N2O6. The maximum absolute atomic E-state index is 11.9. The third-order valence-electron chi connectivity index (χ3n) is 3.19. The summed E-state index contributed by atoms with van der Waals surface area (Å²) in [5, 5.41) is 9.38. The molecule has 1 aromatic rings. The molecule has 0 fully saturated rings. The molecule has 0 saturated carbocycles. The lowest BCUT2D eigenvalue weighted by Crippen LogP contribution is -2.37. The first-order valence-electron chi connectivity index (χ1n) is 6.92. The number of aromatic hydroxyl groups is 1. The number of hydrogen-bond acceptors (Lipinski definition) is 6. The van der Waals surface area contributed by atoms with E-state index in [0.717, 1.165) is 0 Å². The van der Waals surface area contributed by atoms with Crippen molar-refractivity contribution in [2.24, 2.45) is 0 Å². The van der Waals surface area contributed by atoms with Crippen molar-refractivity contribution in [2.75, 3.05) is 41.4 Å². The number of hydrogen-bond donors (Lipinski definition) is 1. The number of carbonyl (C=O) groups excluding carboxylic acids is 2. The van der Waals surface area contributed by atoms with Gasteiger partial charge in [-0.1, -0.05) is 0 Å². The summed E-state index contributed by atoms with van der Waals surface area (Å²) in [6.45, 7) is 0.636. The average Bonchev–Trinajstić information content (AvgIpc) is 2.56. The summed E-state index contributed by atoms with van der Waals surface area (Å²) in [7, 11) is 5.91. The Morgan fingerprint density at radius 1 is 1.09 bits per heavy atom. The molecule has 0 aliphatic carbocycles. The molecule has 8 heteroatoms. The minimum atomic E-state index is -0.529. The van der Waals surface area contributed by atoms with Crippen LogP contribution in [0.15, 0.2) is 18.2 Å². The zero-order chi connectivity index (χ0) is 17.4. The van der Waals surface area contributed by atoms with Gasteiger partial charge in [0.2, 0.25) is 0 Å². The fraction of sp³-hybridized carbons (Fsp3) is 0.467. The van der Waals surface area contributed by atoms with Crippen molar-refractivity contribution in [1.82, 2.24) is 9.80 Å². The summed E-state index contributed by atoms with van der Waals surface area (Å²) in [5.74, 6) is 0.505. The van der Waals surface area contributed by atoms with Crippen LogP contribution in [-0.4, -0.2) is 68.5 Å². The van der Waals surface area contributed by atoms with Crippen LogP contribution in [0, 0.1) is 0 Å². The van der Waals surface area contributed by atoms with Crippen molar-refractivity contribution >= 4 is 12.2 Å². The van der Waals surface area contributed by atoms with Gasteiger partial charge in [-0.05, 0) is 12.1 Å². The molecule has 0 saturated heterocycles. The molecule has 23 heavy (non-hydrogen) atoms. The van der Waals surface area contributed by atoms with E-state index in [2.05, 4.69) is 4.74 Å². The quantitative estimate of drug-likeness (QED) is 0.855. The number of methoxy groups -OCH3 is 2. The minimum absolute atomic E-state index is 0.0134. The molecule has 1 N–H and O–H groups in total. The second-order valence-corrected chi connectivity index (χ2v) is 4.86. The molecular weight excluding hydrogens is 304 g/mol. The molecule has 0 aromatic heterocycles. The second-order valence-electron chi connectivity index (χ2n) is 4.86. The van der Waals surface area contributed by atoms with Crippen LogP contribution in [0.5, 0.6) is 11.5 Å². The Kier molecular flexibility index (Phi) is 6.98. The molecule has 0 heterocycles. The highest BCUT2D eigenvalue weighted by atomic mass is 16.6. The number of carbonyl (C=O) groups is 2. The van der Waals surface area contributed by atoms with Crippen LogP contribution in [0.25, 0.3) is 0 Å². The van der Waals surface area contributed by atoms with E-state index in [1.807, 2.05) is 0 Å². The summed E-state index contributed by atoms with van der Waals surface area (Å²) < 4.78 is 14.9. The zero-order valence-electron chi connectivity index (χ0n) is 13.7. The summed E-state index contributed by atoms with van der Waals surface area (Å²) >= 11 is 0. The van der Waals surface area contributed by atoms with Gasteiger partial charge in [0.15, 0.2) is 0 Å². The van der Waals surface area contributed by atoms with Crippen LogP contribution < -0.4 is 4.74 Å². The van der Waals surface area contributed by atoms with Gasteiger partial charge >= 0.3 is 12.2 Å². The zero-order valence-corrected chi connectivity index (χ0v) is 13.7. The van der Waals surface area contributed by atoms with Gasteiger partial charge in [0.1, 0.15) is 18.1 Å². The van der Waals surface area contributed by atoms with Gasteiger partial charge in [0.25, 0.3) is 0 Å². The van der Waals surface area contributed by atoms with Crippen LogP contribution in [0.1, 0.15) is 5.56 Å². The Balaban J connectivity index is 2.48. The Morgan fingerprint density at radius 2 is 1.70 bits per heavy atom. The van der Waals surface area contributed by atoms with Crippen LogP contribution in [0.4, 0.5) is 9.59 Å². The SMILES string of the molecule is COC(=O)N(C)CCN(C)C(=O)OCc1ccc(O)cc1OC. The van der Waals surface area contributed by atoms with Crippen molar-refractivity contribution in [3.63, 3.8) is 0 Å². The number of amides is 2. The number of benzene rings is 1. The van der Waals surface area contributed by atoms with Gasteiger partial charge in [0.05, 0.1) is 14.2 Å². The Morgan fingerprint density at radius 3 is 2.26 bits per heavy atom. The highest BCUT2D eigenvalue weighted by Gasteiger charge is 2.14. The fourth-order valence-electron chi connectivity index (χ4n) is 1.74. The van der Waals surface area contributed by atoms with Gasteiger partial charge < -0.3 is 29.1 Å². The number of rotatable bonds is 6. The van der Waals surface area contributed by atoms with Crippen LogP contribution >= 0.6 is 0 Å². The van der Waals surface area contributed by atoms with Gasteiger partial charge in [-0.2, -0.15) is 0 Å². The average molecular weight is 326 g/mol. The van der Waals surface area contributed by atoms with E-state index in [1.54, 1.807) is 20.2 Å². The Hall–Kier alpha value is -2.64. The first-order chi connectivity index (χ1) is 10.9. The fourth-order valence-corrected chi connectivity index (χ4v) is 1.74. The molecule has 8 nitrogen and oxygen atoms in total. The van der Waals surface area contributed by atoms with Crippen LogP contribution in [-0.2, 0) is 16.1 Å². The smallest absolute Gasteiger partial charge is 0.409 e. The van der Waals surface area contributed by atoms with E-state index >= 15 is 0 Å². The number of phenols is 1. The second kappa shape index (κ2) is 8.72. The third kappa shape index (κ3) is 5.57. The summed E-state index contributed by atoms with van der Waals surface area (Å²) in [4.78, 5) is 25.9. The molecule has 0 spiro atoms. The van der Waals surface area contributed by atoms with E-state index < -0.39 is 12.2 Å². The topological polar surface area (TPSA) is 88.5 Å². The van der Waals surface area contributed by atoms with Crippen LogP contribution in [0.2, 0.25) is 0 Å². The monoisotopic (exact) mass is 326 g/mol. The number of nitrogens with zero attached hydrogens (tertiary/aromatic N) is 2. The normalized spacial score (nSPS) is 9.91. The Labute approximate surface area is 135 Å². The largest absolute Gasteiger partial charge is 0.508 e. The lowest BCUT2D eigenvalue weighted by Gasteiger charge is -2.21. The van der Waals surface area contributed by atoms with E-state index in [0.29, 0.717) is 24.4 Å². The molecule has 1 aromatic carbocycles. The van der Waals surface area contributed by atoms with Crippen molar-refractivity contribution in [3.8, 4) is 11.5 Å². The van der Waals surface area contributed by atoms with Crippen molar-refractivity contribution in [2.45, 2.75) is 6.61 Å². The van der Waals surface area contributed by atoms with Crippen molar-refractivity contribution in [1.29, 1.82) is 0 Å². The van der Waals surface area contributed by atoms with Crippen molar-refractivity contribution in [3.05, 3.63) is 23.8 Å². The summed E-state index contributed by atoms with van der Waals surface area (Å²) in [6, 6.07) is 4.55. The highest BCUT2D eigenvalue weighted by Crippen LogP contribution is 2.24. The molecule has 0 atom stereocenters. The van der Waals surface area contributed by atoms with Crippen LogP contribution in [0.3, 0.4) is 0 Å². The maximum Gasteiger partial charge on any atom is 0.409 e. The van der Waals surface area contributed by atoms with Gasteiger partial charge in [-0.25, -0.2) is 9.59 Å². The minimum Gasteiger partial charge on any atom is -0.508 e. The molecule has 0 bridgehead atoms. The highest BCUT2D eigenvalue weighted by molar-refractivity contribution is 5.68. The molecule has 0 unspecified atom stereocenters. The third-order valence-corrected chi connectivity index (χ3v) is 3.19. The molecule has 0 aliphatic rings. The molecule has 128 valence electrons. The summed E-state index contributed by atoms with van der Waals surface area (Å²) in [5.41, 5.74) is 0.638. The van der Waals surface area contributed by atoms with E-state index in [9.17, 15) is 14.7 Å². The molecule has 2 amide bonds. The maximum atomic E-state index is 11.9. The number of likely N-dealkylation sites (N-methyl/N-ethyl adjacent to an activating group) is 2. The first-order valence-corrected chi connectivity index (χ1v) is 6.92. The van der Waals surface area contributed by atoms with Gasteiger partial charge in [-0.3, -0.25) is 0 Å². The van der Waals surface area contributed by atoms with Gasteiger partial charge in [0, 0.05) is 38.8 Å². The van der Waals surface area contributed by atoms with Gasteiger partial charge in [-0.15, -0.1) is 0 Å². The lowest BCUT2D eigenvalue weighted by atomic mass is 10.2. The molecule has 1 rings (SSSR count). The standard InChI is InChI=1S/C15H22N2O6/c1-16(14(19)22-4)7-8-17(2)15(20)23-10-11-5-6-12(18)9-13(11)21-3/h5-6,9,18H,7-8,10H2,1-4H3. The van der Waals surface area contributed by atoms with E-state index in [4.69, 9.17) is 9.47 Å². The first kappa shape index (κ1) is 18.4. The number of phenolic OH excluding ortho intramolecular Hbond substituents is 1. The number of ether oxygens (including phenoxy) is 3. The molecule has 0 radical (unpaired) electrons. The van der Waals surface area contributed by atoms with E-state index in [-0.39, 0.29) is 12.4 Å². The lowest BCUT2D eigenvalue weighted by molar-refractivity contribution is 0.0969. The Bertz CT molecular complexity index is 549. The summed E-state index contributed by atoms with van der Waals surface area (Å²) in [6.07, 6.45) is -1.00. The molecule has 0 aliphatic heterocycles.